The molecule has 0 amide bonds. The third-order valence-corrected chi connectivity index (χ3v) is 2.23. The number of hydrogen-bond donors (Lipinski definition) is 1. The van der Waals surface area contributed by atoms with Gasteiger partial charge in [-0.25, -0.2) is 0 Å². The molecule has 0 aliphatic carbocycles. The summed E-state index contributed by atoms with van der Waals surface area (Å²) in [5.74, 6) is 0. The molecule has 0 saturated carbocycles. The minimum Gasteiger partial charge on any atom is -0.343 e. The lowest BCUT2D eigenvalue weighted by Gasteiger charge is -1.75. The Balaban J connectivity index is 3.12. The summed E-state index contributed by atoms with van der Waals surface area (Å²) in [5.41, 5.74) is 0. The molecular weight excluding hydrogens is 178 g/mol. The van der Waals surface area contributed by atoms with Gasteiger partial charge in [-0.1, -0.05) is 0 Å². The van der Waals surface area contributed by atoms with Gasteiger partial charge >= 0.3 is 0 Å². The molecule has 1 N–H and O–H groups in total. The van der Waals surface area contributed by atoms with Gasteiger partial charge in [0.1, 0.15) is 4.88 Å². The first-order valence-electron chi connectivity index (χ1n) is 2.08. The minimum absolute atomic E-state index is 0.460. The number of H-pyrrole nitrogens is 1. The summed E-state index contributed by atoms with van der Waals surface area (Å²) in [6.07, 6.45) is 1.50. The van der Waals surface area contributed by atoms with Crippen molar-refractivity contribution in [3.8, 4) is 0 Å². The van der Waals surface area contributed by atoms with Gasteiger partial charge in [0, 0.05) is 6.20 Å². The summed E-state index contributed by atoms with van der Waals surface area (Å²) in [7, 11) is 0. The maximum absolute atomic E-state index is 10.4. The van der Waals surface area contributed by atoms with E-state index < -0.39 is 5.24 Å². The van der Waals surface area contributed by atoms with Gasteiger partial charge in [-0.2, -0.15) is 0 Å². The number of halogens is 1. The average molecular weight is 180 g/mol. The molecule has 1 heterocycles. The largest absolute Gasteiger partial charge is 0.343 e. The Kier molecular flexibility index (Phi) is 2.00. The van der Waals surface area contributed by atoms with E-state index >= 15 is 0 Å². The summed E-state index contributed by atoms with van der Waals surface area (Å²) in [6, 6.07) is 0. The third-order valence-electron chi connectivity index (χ3n) is 0.717. The number of hydrogen-bond acceptors (Lipinski definition) is 3. The number of carbonyl (C=O) groups is 1. The maximum Gasteiger partial charge on any atom is 0.263 e. The van der Waals surface area contributed by atoms with Gasteiger partial charge in [-0.15, -0.1) is 11.3 Å². The molecule has 0 aromatic carbocycles. The number of carbonyl (C=O) groups excluding carboxylic acids is 1. The second kappa shape index (κ2) is 2.60. The number of aromatic nitrogens is 1. The summed E-state index contributed by atoms with van der Waals surface area (Å²) < 4.78 is 0.569. The monoisotopic (exact) mass is 179 g/mol. The predicted octanol–water partition coefficient (Wildman–Crippen LogP) is 2.18. The van der Waals surface area contributed by atoms with Crippen LogP contribution in [0.4, 0.5) is 0 Å². The van der Waals surface area contributed by atoms with Crippen molar-refractivity contribution < 1.29 is 4.79 Å². The highest BCUT2D eigenvalue weighted by Crippen LogP contribution is 2.10. The van der Waals surface area contributed by atoms with Gasteiger partial charge in [0.25, 0.3) is 5.24 Å². The van der Waals surface area contributed by atoms with E-state index in [9.17, 15) is 4.79 Å². The highest BCUT2D eigenvalue weighted by Gasteiger charge is 2.01. The third kappa shape index (κ3) is 1.61. The first-order valence-corrected chi connectivity index (χ1v) is 3.69. The van der Waals surface area contributed by atoms with E-state index in [-0.39, 0.29) is 0 Å². The van der Waals surface area contributed by atoms with E-state index in [0.717, 1.165) is 0 Å². The fourth-order valence-corrected chi connectivity index (χ4v) is 1.39. The van der Waals surface area contributed by atoms with Crippen LogP contribution >= 0.6 is 35.2 Å². The summed E-state index contributed by atoms with van der Waals surface area (Å²) >= 11 is 11.0. The van der Waals surface area contributed by atoms with E-state index in [4.69, 9.17) is 23.8 Å². The Morgan fingerprint density at radius 3 is 2.78 bits per heavy atom. The first-order chi connectivity index (χ1) is 4.20. The molecule has 1 aromatic heterocycles. The van der Waals surface area contributed by atoms with Gasteiger partial charge in [0.15, 0.2) is 3.95 Å². The highest BCUT2D eigenvalue weighted by molar-refractivity contribution is 7.73. The van der Waals surface area contributed by atoms with Crippen molar-refractivity contribution in [2.45, 2.75) is 0 Å². The maximum atomic E-state index is 10.4. The predicted molar refractivity (Wildman–Crippen MR) is 39.7 cm³/mol. The molecule has 0 aliphatic heterocycles. The van der Waals surface area contributed by atoms with Crippen molar-refractivity contribution in [3.05, 3.63) is 15.0 Å². The van der Waals surface area contributed by atoms with Crippen molar-refractivity contribution in [1.29, 1.82) is 0 Å². The van der Waals surface area contributed by atoms with Gasteiger partial charge in [-0.05, 0) is 23.8 Å². The molecule has 0 bridgehead atoms. The molecule has 1 aromatic rings. The van der Waals surface area contributed by atoms with Crippen LogP contribution in [0.3, 0.4) is 0 Å². The van der Waals surface area contributed by atoms with Crippen LogP contribution in [0, 0.1) is 3.95 Å². The Morgan fingerprint density at radius 1 is 1.89 bits per heavy atom. The second-order valence-corrected chi connectivity index (χ2v) is 3.38. The molecule has 0 saturated heterocycles. The summed E-state index contributed by atoms with van der Waals surface area (Å²) in [4.78, 5) is 13.5. The van der Waals surface area contributed by atoms with E-state index in [0.29, 0.717) is 8.83 Å². The van der Waals surface area contributed by atoms with Gasteiger partial charge in [0.2, 0.25) is 0 Å². The van der Waals surface area contributed by atoms with Crippen LogP contribution in [0.25, 0.3) is 0 Å². The van der Waals surface area contributed by atoms with Crippen LogP contribution in [-0.4, -0.2) is 10.2 Å². The number of thiazole rings is 1. The highest BCUT2D eigenvalue weighted by atomic mass is 35.5. The molecule has 48 valence electrons. The van der Waals surface area contributed by atoms with Crippen molar-refractivity contribution in [3.63, 3.8) is 0 Å². The molecule has 1 rings (SSSR count). The summed E-state index contributed by atoms with van der Waals surface area (Å²) in [6.45, 7) is 0. The Hall–Kier alpha value is -0.190. The Bertz CT molecular complexity index is 276. The zero-order valence-corrected chi connectivity index (χ0v) is 6.57. The molecule has 0 unspecified atom stereocenters. The molecule has 0 atom stereocenters. The van der Waals surface area contributed by atoms with Crippen LogP contribution in [-0.2, 0) is 0 Å². The lowest BCUT2D eigenvalue weighted by atomic mass is 10.6. The standard InChI is InChI=1S/C4H2ClNOS2/c5-3(7)2-1-6-4(8)9-2/h1H,(H,6,8). The zero-order chi connectivity index (χ0) is 6.85. The topological polar surface area (TPSA) is 32.9 Å². The van der Waals surface area contributed by atoms with Crippen molar-refractivity contribution in [1.82, 2.24) is 4.98 Å². The van der Waals surface area contributed by atoms with Gasteiger partial charge in [0.05, 0.1) is 0 Å². The van der Waals surface area contributed by atoms with E-state index in [1.807, 2.05) is 0 Å². The van der Waals surface area contributed by atoms with Crippen molar-refractivity contribution in [2.75, 3.05) is 0 Å². The molecule has 9 heavy (non-hydrogen) atoms. The average Bonchev–Trinajstić information content (AvgIpc) is 2.14. The Labute approximate surface area is 65.5 Å². The van der Waals surface area contributed by atoms with Crippen LogP contribution in [0.15, 0.2) is 6.20 Å². The Morgan fingerprint density at radius 2 is 2.56 bits per heavy atom. The molecular formula is C4H2ClNOS2. The van der Waals surface area contributed by atoms with Gasteiger partial charge < -0.3 is 4.98 Å². The fourth-order valence-electron chi connectivity index (χ4n) is 0.380. The minimum atomic E-state index is -0.465. The molecule has 0 fully saturated rings. The lowest BCUT2D eigenvalue weighted by molar-refractivity contribution is 0.108. The molecule has 0 radical (unpaired) electrons. The van der Waals surface area contributed by atoms with Crippen molar-refractivity contribution >= 4 is 40.4 Å². The van der Waals surface area contributed by atoms with Crippen LogP contribution < -0.4 is 0 Å². The quantitative estimate of drug-likeness (QED) is 0.530. The van der Waals surface area contributed by atoms with Crippen molar-refractivity contribution in [2.24, 2.45) is 0 Å². The van der Waals surface area contributed by atoms with Crippen LogP contribution in [0.1, 0.15) is 9.67 Å². The zero-order valence-electron chi connectivity index (χ0n) is 4.18. The SMILES string of the molecule is O=C(Cl)c1c[nH]c(=S)s1. The second-order valence-electron chi connectivity index (χ2n) is 1.32. The molecule has 2 nitrogen and oxygen atoms in total. The van der Waals surface area contributed by atoms with Crippen LogP contribution in [0.2, 0.25) is 0 Å². The lowest BCUT2D eigenvalue weighted by Crippen LogP contribution is -1.78. The van der Waals surface area contributed by atoms with Crippen LogP contribution in [0.5, 0.6) is 0 Å². The van der Waals surface area contributed by atoms with E-state index in [1.165, 1.54) is 17.5 Å². The smallest absolute Gasteiger partial charge is 0.263 e. The first kappa shape index (κ1) is 6.92. The molecule has 0 aliphatic rings. The molecule has 0 spiro atoms. The fraction of sp³-hybridized carbons (Fsp3) is 0. The number of rotatable bonds is 1. The van der Waals surface area contributed by atoms with Gasteiger partial charge in [-0.3, -0.25) is 4.79 Å². The molecule has 5 heteroatoms. The number of aromatic amines is 1. The normalized spacial score (nSPS) is 9.44. The number of nitrogens with one attached hydrogen (secondary N) is 1. The van der Waals surface area contributed by atoms with E-state index in [1.54, 1.807) is 0 Å². The van der Waals surface area contributed by atoms with E-state index in [2.05, 4.69) is 4.98 Å². The summed E-state index contributed by atoms with van der Waals surface area (Å²) in [5, 5.41) is -0.465.